The fraction of sp³-hybridized carbons (Fsp3) is 0.320. The van der Waals surface area contributed by atoms with Crippen LogP contribution in [0, 0.1) is 0 Å². The summed E-state index contributed by atoms with van der Waals surface area (Å²) in [6.45, 7) is 2.31. The van der Waals surface area contributed by atoms with Gasteiger partial charge in [0.15, 0.2) is 0 Å². The molecule has 0 spiro atoms. The van der Waals surface area contributed by atoms with E-state index in [2.05, 4.69) is 25.5 Å². The number of carbonyl (C=O) groups is 1. The zero-order chi connectivity index (χ0) is 25.1. The van der Waals surface area contributed by atoms with Gasteiger partial charge in [-0.05, 0) is 44.1 Å². The second-order valence-corrected chi connectivity index (χ2v) is 8.84. The average Bonchev–Trinajstić information content (AvgIpc) is 3.31. The van der Waals surface area contributed by atoms with Gasteiger partial charge in [-0.2, -0.15) is 5.10 Å². The lowest BCUT2D eigenvalue weighted by atomic mass is 10.1. The van der Waals surface area contributed by atoms with Crippen molar-refractivity contribution in [1.29, 1.82) is 0 Å². The summed E-state index contributed by atoms with van der Waals surface area (Å²) >= 11 is 0. The van der Waals surface area contributed by atoms with Crippen LogP contribution in [0.3, 0.4) is 0 Å². The number of fused-ring (bicyclic) bond motifs is 3. The molecule has 0 unspecified atom stereocenters. The van der Waals surface area contributed by atoms with Crippen molar-refractivity contribution in [3.63, 3.8) is 0 Å². The smallest absolute Gasteiger partial charge is 0.270 e. The predicted molar refractivity (Wildman–Crippen MR) is 138 cm³/mol. The Hall–Kier alpha value is -4.25. The van der Waals surface area contributed by atoms with Crippen LogP contribution in [0.4, 0.5) is 0 Å². The van der Waals surface area contributed by atoms with Crippen molar-refractivity contribution in [3.05, 3.63) is 57.9 Å². The molecule has 36 heavy (non-hydrogen) atoms. The molecule has 2 bridgehead atoms. The minimum absolute atomic E-state index is 0.0910. The molecular formula is C25H28N8O3. The number of aromatic nitrogens is 4. The van der Waals surface area contributed by atoms with Crippen molar-refractivity contribution < 1.29 is 9.53 Å². The van der Waals surface area contributed by atoms with Gasteiger partial charge >= 0.3 is 0 Å². The second kappa shape index (κ2) is 10.2. The molecular weight excluding hydrogens is 460 g/mol. The Kier molecular flexibility index (Phi) is 6.63. The predicted octanol–water partition coefficient (Wildman–Crippen LogP) is 1.21. The molecule has 11 nitrogen and oxygen atoms in total. The van der Waals surface area contributed by atoms with E-state index in [0.717, 1.165) is 36.8 Å². The molecule has 186 valence electrons. The summed E-state index contributed by atoms with van der Waals surface area (Å²) in [7, 11) is 1.66. The van der Waals surface area contributed by atoms with Crippen LogP contribution in [0.5, 0.6) is 5.75 Å². The molecule has 11 heteroatoms. The molecule has 0 atom stereocenters. The van der Waals surface area contributed by atoms with Gasteiger partial charge in [0.05, 0.1) is 35.7 Å². The van der Waals surface area contributed by atoms with Crippen LogP contribution in [0.15, 0.2) is 51.7 Å². The highest BCUT2D eigenvalue weighted by molar-refractivity contribution is 6.01. The SMILES string of the molecule is CN1CCOc2c[nH]c(=O)cc2-c2cc3c(n[nH]c3cn2)/C=C/C(C=NC2CCNCC2)=C(N)C1=O. The second-order valence-electron chi connectivity index (χ2n) is 8.84. The number of likely N-dealkylation sites (N-methyl/N-ethyl adjacent to an activating group) is 1. The molecule has 1 amide bonds. The fourth-order valence-electron chi connectivity index (χ4n) is 4.23. The maximum absolute atomic E-state index is 13.1. The number of H-pyrrole nitrogens is 2. The lowest BCUT2D eigenvalue weighted by Gasteiger charge is -2.20. The van der Waals surface area contributed by atoms with Crippen molar-refractivity contribution >= 4 is 29.1 Å². The van der Waals surface area contributed by atoms with Crippen LogP contribution in [0.2, 0.25) is 0 Å². The van der Waals surface area contributed by atoms with Gasteiger partial charge in [0.2, 0.25) is 5.56 Å². The molecule has 0 saturated carbocycles. The summed E-state index contributed by atoms with van der Waals surface area (Å²) < 4.78 is 5.94. The summed E-state index contributed by atoms with van der Waals surface area (Å²) in [4.78, 5) is 38.5. The largest absolute Gasteiger partial charge is 0.489 e. The monoisotopic (exact) mass is 488 g/mol. The number of aromatic amines is 2. The highest BCUT2D eigenvalue weighted by Crippen LogP contribution is 2.29. The molecule has 2 aliphatic heterocycles. The number of carbonyl (C=O) groups excluding carboxylic acids is 1. The summed E-state index contributed by atoms with van der Waals surface area (Å²) in [5.41, 5.74) is 9.17. The topological polar surface area (TPSA) is 154 Å². The first-order chi connectivity index (χ1) is 17.5. The first kappa shape index (κ1) is 23.5. The van der Waals surface area contributed by atoms with Crippen LogP contribution in [0.25, 0.3) is 28.2 Å². The Morgan fingerprint density at radius 1 is 1.22 bits per heavy atom. The molecule has 5 N–H and O–H groups in total. The maximum Gasteiger partial charge on any atom is 0.270 e. The van der Waals surface area contributed by atoms with Crippen molar-refractivity contribution in [1.82, 2.24) is 30.4 Å². The number of allylic oxidation sites excluding steroid dienone is 2. The molecule has 3 aromatic rings. The Labute approximate surface area is 207 Å². The van der Waals surface area contributed by atoms with Crippen molar-refractivity contribution in [2.24, 2.45) is 10.7 Å². The number of rotatable bonds is 2. The number of piperidine rings is 1. The third kappa shape index (κ3) is 4.91. The third-order valence-corrected chi connectivity index (χ3v) is 6.37. The minimum atomic E-state index is -0.332. The van der Waals surface area contributed by atoms with Crippen LogP contribution < -0.4 is 21.3 Å². The number of hydrogen-bond acceptors (Lipinski definition) is 8. The van der Waals surface area contributed by atoms with Crippen molar-refractivity contribution in [2.75, 3.05) is 33.3 Å². The van der Waals surface area contributed by atoms with E-state index in [1.165, 1.54) is 17.2 Å². The fourth-order valence-corrected chi connectivity index (χ4v) is 4.23. The standard InChI is InChI=1S/C25H28N8O3/c1-33-8-9-36-22-14-30-23(34)11-18(22)20-10-17-19(31-32-21(17)13-29-20)3-2-15(24(26)25(33)35)12-28-16-4-6-27-7-5-16/h2-3,10-14,16,27H,4-9,26H2,1H3,(H,30,34)(H,31,32)/b3-2+,24-15?,28-12?. The van der Waals surface area contributed by atoms with Crippen LogP contribution >= 0.6 is 0 Å². The van der Waals surface area contributed by atoms with E-state index >= 15 is 0 Å². The van der Waals surface area contributed by atoms with Gasteiger partial charge in [-0.1, -0.05) is 0 Å². The van der Waals surface area contributed by atoms with E-state index in [0.29, 0.717) is 28.3 Å². The van der Waals surface area contributed by atoms with Gasteiger partial charge < -0.3 is 25.7 Å². The number of amides is 1. The first-order valence-corrected chi connectivity index (χ1v) is 11.9. The van der Waals surface area contributed by atoms with Gasteiger partial charge in [0.1, 0.15) is 18.1 Å². The summed E-state index contributed by atoms with van der Waals surface area (Å²) in [6, 6.07) is 3.48. The summed E-state index contributed by atoms with van der Waals surface area (Å²) in [5, 5.41) is 11.5. The molecule has 1 fully saturated rings. The average molecular weight is 489 g/mol. The molecule has 5 rings (SSSR count). The lowest BCUT2D eigenvalue weighted by Crippen LogP contribution is -2.35. The zero-order valence-corrected chi connectivity index (χ0v) is 20.0. The number of pyridine rings is 2. The number of aliphatic imine (C=N–C) groups is 1. The highest BCUT2D eigenvalue weighted by Gasteiger charge is 2.18. The Balaban J connectivity index is 1.60. The molecule has 5 heterocycles. The van der Waals surface area contributed by atoms with Gasteiger partial charge in [0, 0.05) is 42.0 Å². The Morgan fingerprint density at radius 3 is 2.89 bits per heavy atom. The van der Waals surface area contributed by atoms with E-state index in [9.17, 15) is 9.59 Å². The number of nitrogens with two attached hydrogens (primary N) is 1. The quantitative estimate of drug-likeness (QED) is 0.395. The molecule has 0 radical (unpaired) electrons. The van der Waals surface area contributed by atoms with E-state index in [4.69, 9.17) is 15.5 Å². The van der Waals surface area contributed by atoms with Crippen LogP contribution in [0.1, 0.15) is 18.5 Å². The zero-order valence-electron chi connectivity index (χ0n) is 20.0. The van der Waals surface area contributed by atoms with E-state index in [1.807, 2.05) is 6.07 Å². The van der Waals surface area contributed by atoms with Crippen molar-refractivity contribution in [2.45, 2.75) is 18.9 Å². The molecule has 1 saturated heterocycles. The van der Waals surface area contributed by atoms with E-state index in [1.54, 1.807) is 31.6 Å². The molecule has 3 aromatic heterocycles. The Bertz CT molecular complexity index is 1430. The maximum atomic E-state index is 13.1. The molecule has 2 aliphatic rings. The summed E-state index contributed by atoms with van der Waals surface area (Å²) in [6.07, 6.45) is 10.3. The minimum Gasteiger partial charge on any atom is -0.489 e. The van der Waals surface area contributed by atoms with Crippen molar-refractivity contribution in [3.8, 4) is 17.0 Å². The Morgan fingerprint density at radius 2 is 2.06 bits per heavy atom. The number of hydrogen-bond donors (Lipinski definition) is 4. The molecule has 0 aliphatic carbocycles. The van der Waals surface area contributed by atoms with Gasteiger partial charge in [-0.3, -0.25) is 24.7 Å². The van der Waals surface area contributed by atoms with E-state index in [-0.39, 0.29) is 36.4 Å². The first-order valence-electron chi connectivity index (χ1n) is 11.9. The van der Waals surface area contributed by atoms with Crippen LogP contribution in [-0.4, -0.2) is 76.5 Å². The molecule has 0 aromatic carbocycles. The van der Waals surface area contributed by atoms with Gasteiger partial charge in [0.25, 0.3) is 5.91 Å². The number of ether oxygens (including phenoxy) is 1. The third-order valence-electron chi connectivity index (χ3n) is 6.37. The lowest BCUT2D eigenvalue weighted by molar-refractivity contribution is -0.126. The van der Waals surface area contributed by atoms with Gasteiger partial charge in [-0.15, -0.1) is 0 Å². The number of nitrogens with zero attached hydrogens (tertiary/aromatic N) is 4. The van der Waals surface area contributed by atoms with Crippen LogP contribution in [-0.2, 0) is 4.79 Å². The highest BCUT2D eigenvalue weighted by atomic mass is 16.5. The van der Waals surface area contributed by atoms with Gasteiger partial charge in [-0.25, -0.2) is 0 Å². The normalized spacial score (nSPS) is 18.8. The summed E-state index contributed by atoms with van der Waals surface area (Å²) in [5.74, 6) is 0.122. The number of nitrogens with one attached hydrogen (secondary N) is 3. The van der Waals surface area contributed by atoms with E-state index < -0.39 is 0 Å².